The van der Waals surface area contributed by atoms with Crippen molar-refractivity contribution in [1.29, 1.82) is 5.26 Å². The second-order valence-electron chi connectivity index (χ2n) is 5.24. The van der Waals surface area contributed by atoms with Gasteiger partial charge in [-0.25, -0.2) is 0 Å². The van der Waals surface area contributed by atoms with Crippen LogP contribution in [0.25, 0.3) is 0 Å². The number of aryl methyl sites for hydroxylation is 1. The monoisotopic (exact) mass is 315 g/mol. The van der Waals surface area contributed by atoms with Crippen LogP contribution in [0.15, 0.2) is 36.5 Å². The lowest BCUT2D eigenvalue weighted by molar-refractivity contribution is 0.0171. The summed E-state index contributed by atoms with van der Waals surface area (Å²) in [5.74, 6) is 0.659. The molecule has 1 aromatic carbocycles. The van der Waals surface area contributed by atoms with Gasteiger partial charge in [0.05, 0.1) is 29.7 Å². The van der Waals surface area contributed by atoms with E-state index in [0.717, 1.165) is 0 Å². The maximum atomic E-state index is 12.3. The Balaban J connectivity index is 1.56. The van der Waals surface area contributed by atoms with Gasteiger partial charge in [-0.15, -0.1) is 0 Å². The van der Waals surface area contributed by atoms with E-state index in [1.165, 1.54) is 0 Å². The van der Waals surface area contributed by atoms with Crippen molar-refractivity contribution in [3.63, 3.8) is 0 Å². The summed E-state index contributed by atoms with van der Waals surface area (Å²) < 4.78 is 7.49. The van der Waals surface area contributed by atoms with E-state index >= 15 is 0 Å². The van der Waals surface area contributed by atoms with Crippen LogP contribution in [0, 0.1) is 11.3 Å². The Morgan fingerprint density at radius 2 is 2.05 bits per heavy atom. The number of likely N-dealkylation sites (tertiary alicyclic amines) is 1. The molecular weight excluding hydrogens is 302 g/mol. The molecule has 0 aliphatic carbocycles. The van der Waals surface area contributed by atoms with Gasteiger partial charge in [-0.2, -0.15) is 5.26 Å². The molecule has 1 amide bonds. The third-order valence-electron chi connectivity index (χ3n) is 3.61. The van der Waals surface area contributed by atoms with E-state index in [4.69, 9.17) is 21.6 Å². The maximum Gasteiger partial charge on any atom is 0.270 e. The molecule has 2 heterocycles. The van der Waals surface area contributed by atoms with Crippen LogP contribution < -0.4 is 4.74 Å². The molecule has 0 saturated carbocycles. The van der Waals surface area contributed by atoms with Crippen LogP contribution in [0.2, 0.25) is 5.02 Å². The summed E-state index contributed by atoms with van der Waals surface area (Å²) in [4.78, 5) is 14.0. The molecule has 22 heavy (non-hydrogen) atoms. The first-order valence-corrected chi connectivity index (χ1v) is 7.22. The van der Waals surface area contributed by atoms with Crippen molar-refractivity contribution in [1.82, 2.24) is 9.47 Å². The summed E-state index contributed by atoms with van der Waals surface area (Å²) in [5.41, 5.74) is 1.17. The van der Waals surface area contributed by atoms with E-state index in [1.807, 2.05) is 0 Å². The molecule has 112 valence electrons. The summed E-state index contributed by atoms with van der Waals surface area (Å²) in [6.45, 7) is 1.09. The number of nitriles is 1. The van der Waals surface area contributed by atoms with Crippen LogP contribution >= 0.6 is 11.6 Å². The number of halogens is 1. The van der Waals surface area contributed by atoms with E-state index in [-0.39, 0.29) is 12.0 Å². The molecule has 0 atom stereocenters. The van der Waals surface area contributed by atoms with Gasteiger partial charge in [0, 0.05) is 13.2 Å². The minimum absolute atomic E-state index is 0.0207. The third kappa shape index (κ3) is 2.78. The minimum Gasteiger partial charge on any atom is -0.487 e. The molecule has 1 aromatic heterocycles. The van der Waals surface area contributed by atoms with Gasteiger partial charge < -0.3 is 14.2 Å². The van der Waals surface area contributed by atoms with Gasteiger partial charge in [0.25, 0.3) is 5.91 Å². The van der Waals surface area contributed by atoms with E-state index in [1.54, 1.807) is 53.0 Å². The van der Waals surface area contributed by atoms with Crippen LogP contribution in [0.3, 0.4) is 0 Å². The lowest BCUT2D eigenvalue weighted by Gasteiger charge is -2.38. The van der Waals surface area contributed by atoms with Crippen molar-refractivity contribution in [2.24, 2.45) is 7.05 Å². The molecule has 5 nitrogen and oxygen atoms in total. The van der Waals surface area contributed by atoms with Crippen LogP contribution in [0.5, 0.6) is 5.75 Å². The van der Waals surface area contributed by atoms with Crippen LogP contribution in [-0.2, 0) is 7.05 Å². The van der Waals surface area contributed by atoms with Crippen LogP contribution in [0.4, 0.5) is 0 Å². The number of ether oxygens (including phenoxy) is 1. The van der Waals surface area contributed by atoms with Gasteiger partial charge in [0.15, 0.2) is 0 Å². The van der Waals surface area contributed by atoms with E-state index in [2.05, 4.69) is 6.07 Å². The highest BCUT2D eigenvalue weighted by Gasteiger charge is 2.33. The number of rotatable bonds is 3. The Bertz CT molecular complexity index is 740. The summed E-state index contributed by atoms with van der Waals surface area (Å²) in [6.07, 6.45) is 1.69. The average Bonchev–Trinajstić information content (AvgIpc) is 2.81. The molecule has 1 fully saturated rings. The Morgan fingerprint density at radius 1 is 1.36 bits per heavy atom. The van der Waals surface area contributed by atoms with E-state index < -0.39 is 0 Å². The Kier molecular flexibility index (Phi) is 3.78. The first-order chi connectivity index (χ1) is 10.6. The van der Waals surface area contributed by atoms with Crippen molar-refractivity contribution in [2.75, 3.05) is 13.1 Å². The number of nitrogens with zero attached hydrogens (tertiary/aromatic N) is 3. The zero-order chi connectivity index (χ0) is 15.7. The van der Waals surface area contributed by atoms with Gasteiger partial charge in [-0.3, -0.25) is 4.79 Å². The molecule has 2 aromatic rings. The topological polar surface area (TPSA) is 58.3 Å². The highest BCUT2D eigenvalue weighted by molar-refractivity contribution is 6.31. The lowest BCUT2D eigenvalue weighted by atomic mass is 10.1. The number of aromatic nitrogens is 1. The molecule has 1 aliphatic rings. The summed E-state index contributed by atoms with van der Waals surface area (Å²) >= 11 is 5.90. The van der Waals surface area contributed by atoms with Crippen molar-refractivity contribution in [3.8, 4) is 11.8 Å². The fourth-order valence-electron chi connectivity index (χ4n) is 2.38. The third-order valence-corrected chi connectivity index (χ3v) is 3.82. The standard InChI is InChI=1S/C16H14ClN3O2/c1-19-8-12(17)6-15(19)16(21)20-9-14(10-20)22-13-4-2-11(7-18)3-5-13/h2-6,8,14H,9-10H2,1H3. The molecule has 6 heteroatoms. The van der Waals surface area contributed by atoms with Crippen LogP contribution in [0.1, 0.15) is 16.1 Å². The Morgan fingerprint density at radius 3 is 2.59 bits per heavy atom. The second-order valence-corrected chi connectivity index (χ2v) is 5.68. The SMILES string of the molecule is Cn1cc(Cl)cc1C(=O)N1CC(Oc2ccc(C#N)cc2)C1. The molecule has 0 bridgehead atoms. The molecular formula is C16H14ClN3O2. The van der Waals surface area contributed by atoms with Crippen molar-refractivity contribution >= 4 is 17.5 Å². The quantitative estimate of drug-likeness (QED) is 0.874. The highest BCUT2D eigenvalue weighted by atomic mass is 35.5. The number of carbonyl (C=O) groups is 1. The summed E-state index contributed by atoms with van der Waals surface area (Å²) in [5, 5.41) is 9.30. The van der Waals surface area contributed by atoms with Gasteiger partial charge in [-0.05, 0) is 30.3 Å². The Hall–Kier alpha value is -2.45. The predicted octanol–water partition coefficient (Wildman–Crippen LogP) is 2.45. The van der Waals surface area contributed by atoms with Gasteiger partial charge in [0.1, 0.15) is 17.5 Å². The number of benzene rings is 1. The molecule has 0 N–H and O–H groups in total. The minimum atomic E-state index is -0.0471. The van der Waals surface area contributed by atoms with Gasteiger partial charge >= 0.3 is 0 Å². The zero-order valence-corrected chi connectivity index (χ0v) is 12.7. The maximum absolute atomic E-state index is 12.3. The van der Waals surface area contributed by atoms with Crippen molar-refractivity contribution in [3.05, 3.63) is 52.8 Å². The largest absolute Gasteiger partial charge is 0.487 e. The summed E-state index contributed by atoms with van der Waals surface area (Å²) in [6, 6.07) is 10.7. The second kappa shape index (κ2) is 5.74. The molecule has 1 saturated heterocycles. The normalized spacial score (nSPS) is 14.3. The molecule has 0 unspecified atom stereocenters. The first-order valence-electron chi connectivity index (χ1n) is 6.85. The summed E-state index contributed by atoms with van der Waals surface area (Å²) in [7, 11) is 1.80. The number of carbonyl (C=O) groups excluding carboxylic acids is 1. The highest BCUT2D eigenvalue weighted by Crippen LogP contribution is 2.22. The van der Waals surface area contributed by atoms with Crippen molar-refractivity contribution in [2.45, 2.75) is 6.10 Å². The van der Waals surface area contributed by atoms with Gasteiger partial charge in [0.2, 0.25) is 0 Å². The first kappa shape index (κ1) is 14.5. The average molecular weight is 316 g/mol. The zero-order valence-electron chi connectivity index (χ0n) is 12.0. The predicted molar refractivity (Wildman–Crippen MR) is 81.9 cm³/mol. The Labute approximate surface area is 133 Å². The fraction of sp³-hybridized carbons (Fsp3) is 0.250. The number of hydrogen-bond acceptors (Lipinski definition) is 3. The molecule has 1 aliphatic heterocycles. The lowest BCUT2D eigenvalue weighted by Crippen LogP contribution is -2.56. The van der Waals surface area contributed by atoms with E-state index in [0.29, 0.717) is 35.1 Å². The van der Waals surface area contributed by atoms with E-state index in [9.17, 15) is 4.79 Å². The van der Waals surface area contributed by atoms with Crippen molar-refractivity contribution < 1.29 is 9.53 Å². The number of hydrogen-bond donors (Lipinski definition) is 0. The number of amides is 1. The smallest absolute Gasteiger partial charge is 0.270 e. The van der Waals surface area contributed by atoms with Crippen LogP contribution in [-0.4, -0.2) is 34.6 Å². The molecule has 0 spiro atoms. The van der Waals surface area contributed by atoms with Gasteiger partial charge in [-0.1, -0.05) is 11.6 Å². The molecule has 0 radical (unpaired) electrons. The molecule has 3 rings (SSSR count). The fourth-order valence-corrected chi connectivity index (χ4v) is 2.63.